The van der Waals surface area contributed by atoms with Crippen LogP contribution in [0.2, 0.25) is 0 Å². The smallest absolute Gasteiger partial charge is 0.449 e. The van der Waals surface area contributed by atoms with Gasteiger partial charge in [0.15, 0.2) is 0 Å². The van der Waals surface area contributed by atoms with Gasteiger partial charge < -0.3 is 18.7 Å². The summed E-state index contributed by atoms with van der Waals surface area (Å²) in [6, 6.07) is 4.24. The normalized spacial score (nSPS) is 15.5. The number of hydrogen-bond acceptors (Lipinski definition) is 6. The number of carbonyl (C=O) groups excluding carboxylic acids is 1. The van der Waals surface area contributed by atoms with Gasteiger partial charge in [-0.05, 0) is 37.1 Å². The molecule has 11 heteroatoms. The van der Waals surface area contributed by atoms with Crippen LogP contribution in [0.1, 0.15) is 25.3 Å². The number of halogens is 3. The van der Waals surface area contributed by atoms with Crippen molar-refractivity contribution < 1.29 is 35.3 Å². The number of benzene rings is 1. The van der Waals surface area contributed by atoms with Gasteiger partial charge in [-0.1, -0.05) is 13.3 Å². The molecular formula is C17H23F3N2O5S. The fourth-order valence-corrected chi connectivity index (χ4v) is 3.15. The van der Waals surface area contributed by atoms with Gasteiger partial charge in [0, 0.05) is 31.9 Å². The molecule has 0 radical (unpaired) electrons. The largest absolute Gasteiger partial charge is 0.534 e. The minimum Gasteiger partial charge on any atom is -0.449 e. The summed E-state index contributed by atoms with van der Waals surface area (Å²) in [6.07, 6.45) is 1.39. The summed E-state index contributed by atoms with van der Waals surface area (Å²) in [5.41, 5.74) is -4.53. The number of amides is 1. The molecule has 0 spiro atoms. The van der Waals surface area contributed by atoms with Gasteiger partial charge in [-0.15, -0.1) is 0 Å². The lowest BCUT2D eigenvalue weighted by Crippen LogP contribution is -2.49. The number of hydrogen-bond donors (Lipinski definition) is 0. The van der Waals surface area contributed by atoms with Crippen LogP contribution in [0.5, 0.6) is 5.75 Å². The third-order valence-corrected chi connectivity index (χ3v) is 5.23. The molecule has 1 aromatic carbocycles. The molecule has 0 N–H and O–H groups in total. The molecule has 1 saturated heterocycles. The number of carbonyl (C=O) groups is 1. The zero-order valence-corrected chi connectivity index (χ0v) is 16.5. The van der Waals surface area contributed by atoms with Gasteiger partial charge in [0.2, 0.25) is 0 Å². The number of unbranched alkanes of at least 4 members (excludes halogenated alkanes) is 1. The Morgan fingerprint density at radius 1 is 1.18 bits per heavy atom. The topological polar surface area (TPSA) is 76.2 Å². The van der Waals surface area contributed by atoms with Crippen LogP contribution in [0.3, 0.4) is 0 Å². The van der Waals surface area contributed by atoms with Crippen molar-refractivity contribution in [3.05, 3.63) is 23.8 Å². The zero-order valence-electron chi connectivity index (χ0n) is 15.7. The molecule has 1 heterocycles. The molecule has 1 aliphatic rings. The second kappa shape index (κ2) is 8.89. The number of ether oxygens (including phenoxy) is 1. The van der Waals surface area contributed by atoms with E-state index in [1.165, 1.54) is 19.1 Å². The number of anilines is 1. The van der Waals surface area contributed by atoms with Crippen LogP contribution >= 0.6 is 0 Å². The molecule has 2 rings (SSSR count). The third-order valence-electron chi connectivity index (χ3n) is 4.27. The molecule has 0 aromatic heterocycles. The maximum absolute atomic E-state index is 12.5. The van der Waals surface area contributed by atoms with E-state index in [0.29, 0.717) is 38.5 Å². The number of piperazine rings is 1. The molecule has 0 atom stereocenters. The van der Waals surface area contributed by atoms with E-state index in [4.69, 9.17) is 4.74 Å². The van der Waals surface area contributed by atoms with E-state index in [1.807, 2.05) is 11.8 Å². The second-order valence-electron chi connectivity index (χ2n) is 6.38. The van der Waals surface area contributed by atoms with Crippen LogP contribution < -0.4 is 9.08 Å². The van der Waals surface area contributed by atoms with Gasteiger partial charge >= 0.3 is 21.7 Å². The van der Waals surface area contributed by atoms with Gasteiger partial charge in [-0.25, -0.2) is 4.79 Å². The van der Waals surface area contributed by atoms with Gasteiger partial charge in [0.05, 0.1) is 6.61 Å². The van der Waals surface area contributed by atoms with Crippen molar-refractivity contribution in [1.29, 1.82) is 0 Å². The first-order chi connectivity index (χ1) is 13.0. The maximum atomic E-state index is 12.5. The lowest BCUT2D eigenvalue weighted by Gasteiger charge is -2.35. The minimum absolute atomic E-state index is 0.256. The molecule has 0 unspecified atom stereocenters. The summed E-state index contributed by atoms with van der Waals surface area (Å²) < 4.78 is 69.0. The molecule has 1 aliphatic heterocycles. The summed E-state index contributed by atoms with van der Waals surface area (Å²) in [6.45, 7) is 5.79. The Bertz CT molecular complexity index is 790. The first-order valence-corrected chi connectivity index (χ1v) is 10.2. The zero-order chi connectivity index (χ0) is 20.9. The van der Waals surface area contributed by atoms with Crippen molar-refractivity contribution in [3.63, 3.8) is 0 Å². The standard InChI is InChI=1S/C17H23F3N2O5S/c1-3-4-11-26-16(23)22-9-7-21(8-10-22)14-5-6-15(13(2)12-14)27-28(24,25)17(18,19)20/h5-6,12H,3-4,7-11H2,1-2H3. The predicted molar refractivity (Wildman–Crippen MR) is 96.8 cm³/mol. The summed E-state index contributed by atoms with van der Waals surface area (Å²) in [5.74, 6) is -0.376. The number of rotatable bonds is 6. The molecule has 1 aromatic rings. The molecule has 0 saturated carbocycles. The fourth-order valence-electron chi connectivity index (χ4n) is 2.63. The second-order valence-corrected chi connectivity index (χ2v) is 7.91. The van der Waals surface area contributed by atoms with Crippen LogP contribution in [-0.2, 0) is 14.9 Å². The highest BCUT2D eigenvalue weighted by atomic mass is 32.2. The highest BCUT2D eigenvalue weighted by Crippen LogP contribution is 2.31. The lowest BCUT2D eigenvalue weighted by atomic mass is 10.1. The Hall–Kier alpha value is -2.17. The lowest BCUT2D eigenvalue weighted by molar-refractivity contribution is -0.0500. The molecule has 1 amide bonds. The van der Waals surface area contributed by atoms with E-state index < -0.39 is 15.6 Å². The SMILES string of the molecule is CCCCOC(=O)N1CCN(c2ccc(OS(=O)(=O)C(F)(F)F)c(C)c2)CC1. The summed E-state index contributed by atoms with van der Waals surface area (Å²) in [4.78, 5) is 15.5. The predicted octanol–water partition coefficient (Wildman–Crippen LogP) is 3.28. The number of nitrogens with zero attached hydrogens (tertiary/aromatic N) is 2. The van der Waals surface area contributed by atoms with E-state index in [1.54, 1.807) is 11.0 Å². The van der Waals surface area contributed by atoms with Crippen molar-refractivity contribution in [3.8, 4) is 5.75 Å². The minimum atomic E-state index is -5.71. The van der Waals surface area contributed by atoms with Crippen LogP contribution in [0.25, 0.3) is 0 Å². The quantitative estimate of drug-likeness (QED) is 0.396. The van der Waals surface area contributed by atoms with Gasteiger partial charge in [0.25, 0.3) is 0 Å². The van der Waals surface area contributed by atoms with Crippen LogP contribution in [-0.4, -0.2) is 57.7 Å². The fraction of sp³-hybridized carbons (Fsp3) is 0.588. The molecule has 158 valence electrons. The molecule has 7 nitrogen and oxygen atoms in total. The molecule has 28 heavy (non-hydrogen) atoms. The Balaban J connectivity index is 1.97. The van der Waals surface area contributed by atoms with E-state index in [9.17, 15) is 26.4 Å². The monoisotopic (exact) mass is 424 g/mol. The average Bonchev–Trinajstić information content (AvgIpc) is 2.62. The summed E-state index contributed by atoms with van der Waals surface area (Å²) >= 11 is 0. The highest BCUT2D eigenvalue weighted by molar-refractivity contribution is 7.88. The van der Waals surface area contributed by atoms with Crippen molar-refractivity contribution in [2.75, 3.05) is 37.7 Å². The van der Waals surface area contributed by atoms with Crippen LogP contribution in [0.15, 0.2) is 18.2 Å². The maximum Gasteiger partial charge on any atom is 0.534 e. The van der Waals surface area contributed by atoms with Crippen LogP contribution in [0.4, 0.5) is 23.7 Å². The Kier molecular flexibility index (Phi) is 7.02. The Morgan fingerprint density at radius 2 is 1.82 bits per heavy atom. The van der Waals surface area contributed by atoms with Gasteiger partial charge in [-0.3, -0.25) is 0 Å². The number of aryl methyl sites for hydroxylation is 1. The highest BCUT2D eigenvalue weighted by Gasteiger charge is 2.48. The molecule has 0 aliphatic carbocycles. The average molecular weight is 424 g/mol. The molecule has 1 fully saturated rings. The van der Waals surface area contributed by atoms with Gasteiger partial charge in [0.1, 0.15) is 5.75 Å². The number of alkyl halides is 3. The third kappa shape index (κ3) is 5.43. The van der Waals surface area contributed by atoms with Gasteiger partial charge in [-0.2, -0.15) is 21.6 Å². The first kappa shape index (κ1) is 22.1. The molecular weight excluding hydrogens is 401 g/mol. The van der Waals surface area contributed by atoms with Crippen molar-refractivity contribution in [2.24, 2.45) is 0 Å². The van der Waals surface area contributed by atoms with E-state index in [0.717, 1.165) is 12.8 Å². The summed E-state index contributed by atoms with van der Waals surface area (Å²) in [5, 5.41) is 0. The van der Waals surface area contributed by atoms with E-state index in [-0.39, 0.29) is 17.4 Å². The van der Waals surface area contributed by atoms with Crippen molar-refractivity contribution >= 4 is 21.9 Å². The first-order valence-electron chi connectivity index (χ1n) is 8.83. The summed E-state index contributed by atoms with van der Waals surface area (Å²) in [7, 11) is -5.71. The Morgan fingerprint density at radius 3 is 2.36 bits per heavy atom. The van der Waals surface area contributed by atoms with E-state index >= 15 is 0 Å². The van der Waals surface area contributed by atoms with Crippen LogP contribution in [0, 0.1) is 6.92 Å². The Labute approximate surface area is 162 Å². The van der Waals surface area contributed by atoms with E-state index in [2.05, 4.69) is 4.18 Å². The van der Waals surface area contributed by atoms with Crippen molar-refractivity contribution in [2.45, 2.75) is 32.2 Å². The van der Waals surface area contributed by atoms with Crippen molar-refractivity contribution in [1.82, 2.24) is 4.90 Å². The molecule has 0 bridgehead atoms.